The highest BCUT2D eigenvalue weighted by Crippen LogP contribution is 2.32. The first-order chi connectivity index (χ1) is 23.5. The average Bonchev–Trinajstić information content (AvgIpc) is 3.85. The highest BCUT2D eigenvalue weighted by molar-refractivity contribution is 7.92. The molecule has 1 saturated heterocycles. The molecule has 0 spiro atoms. The third kappa shape index (κ3) is 9.92. The molecule has 3 aromatic rings. The first-order valence-electron chi connectivity index (χ1n) is 16.3. The van der Waals surface area contributed by atoms with E-state index in [0.29, 0.717) is 5.56 Å². The van der Waals surface area contributed by atoms with Crippen LogP contribution >= 0.6 is 0 Å². The van der Waals surface area contributed by atoms with E-state index in [2.05, 4.69) is 10.6 Å². The van der Waals surface area contributed by atoms with Gasteiger partial charge in [0.05, 0.1) is 22.6 Å². The summed E-state index contributed by atoms with van der Waals surface area (Å²) in [6.07, 6.45) is -0.883. The third-order valence-electron chi connectivity index (χ3n) is 8.68. The minimum atomic E-state index is -4.06. The Morgan fingerprint density at radius 1 is 0.840 bits per heavy atom. The highest BCUT2D eigenvalue weighted by Gasteiger charge is 2.49. The number of nitrogens with zero attached hydrogens (tertiary/aromatic N) is 1. The van der Waals surface area contributed by atoms with E-state index in [9.17, 15) is 31.2 Å². The second-order valence-electron chi connectivity index (χ2n) is 13.1. The van der Waals surface area contributed by atoms with Crippen molar-refractivity contribution in [1.29, 1.82) is 0 Å². The van der Waals surface area contributed by atoms with E-state index < -0.39 is 72.8 Å². The van der Waals surface area contributed by atoms with Crippen LogP contribution in [-0.4, -0.2) is 86.1 Å². The molecule has 3 amide bonds. The van der Waals surface area contributed by atoms with Crippen LogP contribution in [0.1, 0.15) is 55.6 Å². The molecule has 0 bridgehead atoms. The van der Waals surface area contributed by atoms with Crippen LogP contribution < -0.4 is 10.6 Å². The van der Waals surface area contributed by atoms with Crippen molar-refractivity contribution in [2.24, 2.45) is 0 Å². The van der Waals surface area contributed by atoms with Gasteiger partial charge in [0.25, 0.3) is 5.91 Å². The lowest BCUT2D eigenvalue weighted by Crippen LogP contribution is -2.62. The van der Waals surface area contributed by atoms with Gasteiger partial charge >= 0.3 is 6.09 Å². The molecule has 0 unspecified atom stereocenters. The number of alkyl carbamates (subject to hydrolysis) is 1. The topological polar surface area (TPSA) is 169 Å². The van der Waals surface area contributed by atoms with E-state index in [-0.39, 0.29) is 30.8 Å². The lowest BCUT2D eigenvalue weighted by Gasteiger charge is -2.33. The molecule has 4 atom stereocenters. The van der Waals surface area contributed by atoms with Gasteiger partial charge in [-0.05, 0) is 63.8 Å². The summed E-state index contributed by atoms with van der Waals surface area (Å²) in [6, 6.07) is 23.3. The number of nitrogens with one attached hydrogen (secondary N) is 2. The normalized spacial score (nSPS) is 17.3. The monoisotopic (exact) mass is 727 g/mol. The Morgan fingerprint density at radius 3 is 1.92 bits per heavy atom. The fourth-order valence-electron chi connectivity index (χ4n) is 5.53. The number of sulfonamides is 1. The van der Waals surface area contributed by atoms with Crippen LogP contribution in [0, 0.1) is 0 Å². The van der Waals surface area contributed by atoms with E-state index in [1.54, 1.807) is 68.4 Å². The molecule has 0 saturated carbocycles. The molecule has 270 valence electrons. The van der Waals surface area contributed by atoms with Crippen LogP contribution in [0.2, 0.25) is 0 Å². The van der Waals surface area contributed by atoms with E-state index >= 15 is 0 Å². The van der Waals surface area contributed by atoms with Gasteiger partial charge in [-0.2, -0.15) is 0 Å². The Morgan fingerprint density at radius 2 is 1.38 bits per heavy atom. The van der Waals surface area contributed by atoms with E-state index in [1.165, 1.54) is 13.8 Å². The molecule has 50 heavy (non-hydrogen) atoms. The Hall–Kier alpha value is -4.27. The lowest BCUT2D eigenvalue weighted by molar-refractivity contribution is -0.124. The summed E-state index contributed by atoms with van der Waals surface area (Å²) in [5, 5.41) is 5.34. The van der Waals surface area contributed by atoms with Crippen molar-refractivity contribution in [3.05, 3.63) is 108 Å². The maximum absolute atomic E-state index is 13.9. The molecule has 0 radical (unpaired) electrons. The summed E-state index contributed by atoms with van der Waals surface area (Å²) >= 11 is 0. The Labute approximate surface area is 294 Å². The molecular weight excluding hydrogens is 683 g/mol. The highest BCUT2D eigenvalue weighted by atomic mass is 32.2. The second-order valence-corrected chi connectivity index (χ2v) is 17.7. The molecule has 0 aromatic heterocycles. The zero-order chi connectivity index (χ0) is 36.7. The summed E-state index contributed by atoms with van der Waals surface area (Å²) in [5.74, 6) is -1.79. The summed E-state index contributed by atoms with van der Waals surface area (Å²) in [4.78, 5) is 40.0. The van der Waals surface area contributed by atoms with Crippen LogP contribution in [0.5, 0.6) is 0 Å². The van der Waals surface area contributed by atoms with Gasteiger partial charge in [-0.15, -0.1) is 0 Å². The van der Waals surface area contributed by atoms with Crippen LogP contribution in [0.25, 0.3) is 0 Å². The number of epoxide rings is 1. The predicted octanol–water partition coefficient (Wildman–Crippen LogP) is 3.87. The number of hydrogen-bond acceptors (Lipinski definition) is 9. The van der Waals surface area contributed by atoms with Gasteiger partial charge in [0.2, 0.25) is 15.9 Å². The molecule has 0 aliphatic carbocycles. The van der Waals surface area contributed by atoms with Crippen molar-refractivity contribution in [3.8, 4) is 0 Å². The predicted molar refractivity (Wildman–Crippen MR) is 189 cm³/mol. The molecular formula is C36H45N3O9S2. The molecule has 2 N–H and O–H groups in total. The van der Waals surface area contributed by atoms with E-state index in [1.807, 2.05) is 36.4 Å². The number of rotatable bonds is 16. The maximum atomic E-state index is 13.9. The molecule has 12 nitrogen and oxygen atoms in total. The number of sulfone groups is 1. The molecule has 1 heterocycles. The SMILES string of the molecule is CC(C)N(C(=O)c1ccccc1)S(=O)(=O)CC[C@@H]1O[C@@H]1[C@H](Cc1ccccc1)NC(=O)[C@@H](NC(=O)OCc1ccccc1)C(C)(C)S(C)(=O)=O. The fraction of sp³-hybridized carbons (Fsp3) is 0.417. The van der Waals surface area contributed by atoms with Gasteiger partial charge in [0, 0.05) is 17.9 Å². The lowest BCUT2D eigenvalue weighted by atomic mass is 9.98. The Bertz CT molecular complexity index is 1840. The van der Waals surface area contributed by atoms with Gasteiger partial charge < -0.3 is 20.1 Å². The zero-order valence-electron chi connectivity index (χ0n) is 28.8. The molecule has 14 heteroatoms. The van der Waals surface area contributed by atoms with Gasteiger partial charge in [-0.3, -0.25) is 9.59 Å². The molecule has 4 rings (SSSR count). The average molecular weight is 728 g/mol. The number of hydrogen-bond donors (Lipinski definition) is 2. The molecule has 1 fully saturated rings. The van der Waals surface area contributed by atoms with Crippen molar-refractivity contribution >= 4 is 37.8 Å². The summed E-state index contributed by atoms with van der Waals surface area (Å²) in [5.41, 5.74) is 1.79. The van der Waals surface area contributed by atoms with Gasteiger partial charge in [0.15, 0.2) is 9.84 Å². The summed E-state index contributed by atoms with van der Waals surface area (Å²) in [6.45, 7) is 5.84. The first-order valence-corrected chi connectivity index (χ1v) is 19.8. The van der Waals surface area contributed by atoms with Gasteiger partial charge in [0.1, 0.15) is 18.8 Å². The van der Waals surface area contributed by atoms with Crippen molar-refractivity contribution < 1.29 is 40.7 Å². The smallest absolute Gasteiger partial charge is 0.408 e. The van der Waals surface area contributed by atoms with Crippen LogP contribution in [-0.2, 0) is 47.2 Å². The van der Waals surface area contributed by atoms with Crippen LogP contribution in [0.15, 0.2) is 91.0 Å². The quantitative estimate of drug-likeness (QED) is 0.208. The van der Waals surface area contributed by atoms with Crippen molar-refractivity contribution in [2.45, 2.75) is 82.2 Å². The standard InChI is InChI=1S/C36H45N3O9S2/c1-25(2)39(34(41)28-19-13-8-14-20-28)50(45,46)22-21-30-31(48-30)29(23-26-15-9-6-10-16-26)37-33(40)32(36(3,4)49(5,43)44)38-35(42)47-24-27-17-11-7-12-18-27/h6-20,25,29-32H,21-24H2,1-5H3,(H,37,40)(H,38,42)/t29-,30-,31+,32+/m0/s1. The van der Waals surface area contributed by atoms with Crippen LogP contribution in [0.3, 0.4) is 0 Å². The molecule has 1 aliphatic heterocycles. The maximum Gasteiger partial charge on any atom is 0.408 e. The number of ether oxygens (including phenoxy) is 2. The number of carbonyl (C=O) groups is 3. The van der Waals surface area contributed by atoms with E-state index in [0.717, 1.165) is 16.1 Å². The zero-order valence-corrected chi connectivity index (χ0v) is 30.4. The van der Waals surface area contributed by atoms with Gasteiger partial charge in [-0.1, -0.05) is 78.9 Å². The van der Waals surface area contributed by atoms with Crippen molar-refractivity contribution in [2.75, 3.05) is 12.0 Å². The minimum absolute atomic E-state index is 0.0434. The number of benzene rings is 3. The minimum Gasteiger partial charge on any atom is -0.445 e. The fourth-order valence-corrected chi connectivity index (χ4v) is 7.85. The number of carbonyl (C=O) groups excluding carboxylic acids is 3. The Kier molecular flexibility index (Phi) is 12.5. The van der Waals surface area contributed by atoms with Crippen LogP contribution in [0.4, 0.5) is 4.79 Å². The summed E-state index contributed by atoms with van der Waals surface area (Å²) in [7, 11) is -7.95. The summed E-state index contributed by atoms with van der Waals surface area (Å²) < 4.78 is 63.1. The Balaban J connectivity index is 1.50. The molecule has 3 aromatic carbocycles. The second kappa shape index (κ2) is 16.2. The van der Waals surface area contributed by atoms with Gasteiger partial charge in [-0.25, -0.2) is 25.9 Å². The first kappa shape index (κ1) is 38.5. The number of amides is 3. The molecule has 1 aliphatic rings. The van der Waals surface area contributed by atoms with E-state index in [4.69, 9.17) is 9.47 Å². The van der Waals surface area contributed by atoms with Crippen molar-refractivity contribution in [3.63, 3.8) is 0 Å². The third-order valence-corrected chi connectivity index (χ3v) is 12.8. The van der Waals surface area contributed by atoms with Crippen molar-refractivity contribution in [1.82, 2.24) is 14.9 Å². The largest absolute Gasteiger partial charge is 0.445 e.